The van der Waals surface area contributed by atoms with Gasteiger partial charge in [0.2, 0.25) is 0 Å². The van der Waals surface area contributed by atoms with Crippen LogP contribution in [0.15, 0.2) is 53.7 Å². The first kappa shape index (κ1) is 21.1. The Labute approximate surface area is 167 Å². The van der Waals surface area contributed by atoms with Gasteiger partial charge in [-0.05, 0) is 18.6 Å². The molecule has 0 bridgehead atoms. The molecule has 0 radical (unpaired) electrons. The van der Waals surface area contributed by atoms with Crippen LogP contribution < -0.4 is 5.56 Å². The molecular weight excluding hydrogens is 407 g/mol. The highest BCUT2D eigenvalue weighted by atomic mass is 19.4. The van der Waals surface area contributed by atoms with Gasteiger partial charge in [0, 0.05) is 12.4 Å². The normalized spacial score (nSPS) is 11.9. The van der Waals surface area contributed by atoms with Gasteiger partial charge in [-0.2, -0.15) is 27.2 Å². The molecule has 0 saturated carbocycles. The first-order valence-corrected chi connectivity index (χ1v) is 8.51. The molecule has 0 aliphatic rings. The Morgan fingerprint density at radius 2 is 1.77 bits per heavy atom. The summed E-state index contributed by atoms with van der Waals surface area (Å²) in [5.74, 6) is -5.41. The number of nitrogens with zero attached hydrogens (tertiary/aromatic N) is 4. The van der Waals surface area contributed by atoms with E-state index in [2.05, 4.69) is 9.97 Å². The van der Waals surface area contributed by atoms with Crippen molar-refractivity contribution in [1.29, 1.82) is 5.26 Å². The van der Waals surface area contributed by atoms with Crippen LogP contribution in [0.25, 0.3) is 11.4 Å². The molecule has 5 nitrogen and oxygen atoms in total. The predicted octanol–water partition coefficient (Wildman–Crippen LogP) is 4.19. The Balaban J connectivity index is 2.33. The Hall–Kier alpha value is -3.61. The van der Waals surface area contributed by atoms with Crippen LogP contribution in [0.5, 0.6) is 0 Å². The molecule has 0 atom stereocenters. The van der Waals surface area contributed by atoms with Crippen molar-refractivity contribution in [1.82, 2.24) is 14.5 Å². The smallest absolute Gasteiger partial charge is 0.301 e. The topological polar surface area (TPSA) is 71.6 Å². The van der Waals surface area contributed by atoms with Gasteiger partial charge in [0.15, 0.2) is 0 Å². The number of hydrogen-bond donors (Lipinski definition) is 0. The summed E-state index contributed by atoms with van der Waals surface area (Å²) in [6, 6.07) is 8.53. The summed E-state index contributed by atoms with van der Waals surface area (Å²) < 4.78 is 68.2. The van der Waals surface area contributed by atoms with Crippen molar-refractivity contribution in [2.24, 2.45) is 0 Å². The zero-order chi connectivity index (χ0) is 22.1. The van der Waals surface area contributed by atoms with E-state index >= 15 is 0 Å². The predicted molar refractivity (Wildman–Crippen MR) is 96.7 cm³/mol. The largest absolute Gasteiger partial charge is 0.458 e. The quantitative estimate of drug-likeness (QED) is 0.594. The summed E-state index contributed by atoms with van der Waals surface area (Å²) in [6.45, 7) is 1.67. The van der Waals surface area contributed by atoms with Crippen LogP contribution in [0.1, 0.15) is 22.3 Å². The fraction of sp³-hybridized carbons (Fsp3) is 0.200. The highest BCUT2D eigenvalue weighted by Crippen LogP contribution is 2.45. The van der Waals surface area contributed by atoms with Gasteiger partial charge in [0.05, 0.1) is 24.0 Å². The lowest BCUT2D eigenvalue weighted by molar-refractivity contribution is -0.289. The fourth-order valence-corrected chi connectivity index (χ4v) is 2.83. The third-order valence-corrected chi connectivity index (χ3v) is 4.39. The summed E-state index contributed by atoms with van der Waals surface area (Å²) >= 11 is 0. The number of benzene rings is 1. The summed E-state index contributed by atoms with van der Waals surface area (Å²) in [5, 5.41) is 9.22. The van der Waals surface area contributed by atoms with E-state index in [1.54, 1.807) is 24.3 Å². The zero-order valence-corrected chi connectivity index (χ0v) is 15.4. The van der Waals surface area contributed by atoms with Gasteiger partial charge in [-0.25, -0.2) is 0 Å². The van der Waals surface area contributed by atoms with Gasteiger partial charge in [-0.15, -0.1) is 0 Å². The number of alkyl halides is 5. The third-order valence-electron chi connectivity index (χ3n) is 4.39. The SMILES string of the molecule is Cc1ccc(Cn2c(-c3cnccn3)cc(C(F)(F)C(F)(F)F)c(C#N)c2=O)cc1. The van der Waals surface area contributed by atoms with Gasteiger partial charge in [-0.3, -0.25) is 14.8 Å². The molecule has 0 saturated heterocycles. The minimum Gasteiger partial charge on any atom is -0.301 e. The lowest BCUT2D eigenvalue weighted by atomic mass is 10.0. The van der Waals surface area contributed by atoms with Crippen LogP contribution in [0.4, 0.5) is 22.0 Å². The van der Waals surface area contributed by atoms with Crippen LogP contribution in [-0.2, 0) is 12.5 Å². The molecule has 1 aromatic carbocycles. The Kier molecular flexibility index (Phi) is 5.39. The van der Waals surface area contributed by atoms with Crippen molar-refractivity contribution < 1.29 is 22.0 Å². The van der Waals surface area contributed by atoms with Crippen LogP contribution in [-0.4, -0.2) is 20.7 Å². The molecule has 3 rings (SSSR count). The van der Waals surface area contributed by atoms with E-state index in [1.807, 2.05) is 6.92 Å². The molecular formula is C20H13F5N4O. The lowest BCUT2D eigenvalue weighted by Crippen LogP contribution is -2.38. The minimum atomic E-state index is -5.99. The van der Waals surface area contributed by atoms with E-state index in [0.717, 1.165) is 16.3 Å². The summed E-state index contributed by atoms with van der Waals surface area (Å²) in [6.07, 6.45) is -2.38. The maximum absolute atomic E-state index is 14.1. The Morgan fingerprint density at radius 3 is 2.30 bits per heavy atom. The minimum absolute atomic E-state index is 0.0922. The number of aromatic nitrogens is 3. The number of nitriles is 1. The molecule has 10 heteroatoms. The van der Waals surface area contributed by atoms with Crippen LogP contribution in [0, 0.1) is 18.3 Å². The van der Waals surface area contributed by atoms with E-state index < -0.39 is 28.8 Å². The van der Waals surface area contributed by atoms with Crippen LogP contribution in [0.3, 0.4) is 0 Å². The number of pyridine rings is 1. The van der Waals surface area contributed by atoms with Gasteiger partial charge in [0.1, 0.15) is 17.3 Å². The second-order valence-electron chi connectivity index (χ2n) is 6.47. The lowest BCUT2D eigenvalue weighted by Gasteiger charge is -2.23. The van der Waals surface area contributed by atoms with Gasteiger partial charge in [-0.1, -0.05) is 29.8 Å². The number of rotatable bonds is 4. The standard InChI is InChI=1S/C20H13F5N4O/c1-12-2-4-13(5-3-12)11-29-17(16-10-27-6-7-28-16)8-15(14(9-26)18(29)30)19(21,22)20(23,24)25/h2-8,10H,11H2,1H3. The Morgan fingerprint density at radius 1 is 1.10 bits per heavy atom. The van der Waals surface area contributed by atoms with Crippen LogP contribution in [0.2, 0.25) is 0 Å². The van der Waals surface area contributed by atoms with Gasteiger partial charge < -0.3 is 4.57 Å². The van der Waals surface area contributed by atoms with Crippen molar-refractivity contribution in [3.63, 3.8) is 0 Å². The average Bonchev–Trinajstić information content (AvgIpc) is 2.70. The first-order valence-electron chi connectivity index (χ1n) is 8.51. The summed E-state index contributed by atoms with van der Waals surface area (Å²) in [7, 11) is 0. The highest BCUT2D eigenvalue weighted by molar-refractivity contribution is 5.58. The molecule has 0 spiro atoms. The average molecular weight is 420 g/mol. The van der Waals surface area contributed by atoms with E-state index in [0.29, 0.717) is 11.6 Å². The maximum atomic E-state index is 14.1. The van der Waals surface area contributed by atoms with Crippen molar-refractivity contribution in [3.8, 4) is 17.5 Å². The van der Waals surface area contributed by atoms with E-state index in [4.69, 9.17) is 0 Å². The van der Waals surface area contributed by atoms with Gasteiger partial charge in [0.25, 0.3) is 5.56 Å². The highest BCUT2D eigenvalue weighted by Gasteiger charge is 2.60. The summed E-state index contributed by atoms with van der Waals surface area (Å²) in [4.78, 5) is 20.5. The van der Waals surface area contributed by atoms with Crippen molar-refractivity contribution in [2.45, 2.75) is 25.6 Å². The molecule has 3 aromatic rings. The Bertz CT molecular complexity index is 1160. The zero-order valence-electron chi connectivity index (χ0n) is 15.4. The van der Waals surface area contributed by atoms with Crippen molar-refractivity contribution >= 4 is 0 Å². The maximum Gasteiger partial charge on any atom is 0.458 e. The molecule has 0 N–H and O–H groups in total. The molecule has 0 aliphatic carbocycles. The molecule has 0 fully saturated rings. The molecule has 2 heterocycles. The number of aryl methyl sites for hydroxylation is 1. The van der Waals surface area contributed by atoms with Gasteiger partial charge >= 0.3 is 12.1 Å². The molecule has 154 valence electrons. The first-order chi connectivity index (χ1) is 14.1. The fourth-order valence-electron chi connectivity index (χ4n) is 2.83. The van der Waals surface area contributed by atoms with Crippen LogP contribution >= 0.6 is 0 Å². The second kappa shape index (κ2) is 7.67. The van der Waals surface area contributed by atoms with E-state index in [-0.39, 0.29) is 17.9 Å². The second-order valence-corrected chi connectivity index (χ2v) is 6.47. The molecule has 0 unspecified atom stereocenters. The van der Waals surface area contributed by atoms with E-state index in [9.17, 15) is 32.0 Å². The van der Waals surface area contributed by atoms with Crippen molar-refractivity contribution in [2.75, 3.05) is 0 Å². The van der Waals surface area contributed by atoms with E-state index in [1.165, 1.54) is 18.5 Å². The molecule has 30 heavy (non-hydrogen) atoms. The molecule has 2 aromatic heterocycles. The van der Waals surface area contributed by atoms with Crippen molar-refractivity contribution in [3.05, 3.63) is 81.5 Å². The monoisotopic (exact) mass is 420 g/mol. The third kappa shape index (κ3) is 3.78. The molecule has 0 amide bonds. The number of halogens is 5. The number of hydrogen-bond acceptors (Lipinski definition) is 4. The summed E-state index contributed by atoms with van der Waals surface area (Å²) in [5.41, 5.74) is -3.18. The molecule has 0 aliphatic heterocycles.